The number of benzene rings is 1. The van der Waals surface area contributed by atoms with Crippen LogP contribution in [0.5, 0.6) is 0 Å². The highest BCUT2D eigenvalue weighted by molar-refractivity contribution is 7.90. The number of hydrogen-bond donors (Lipinski definition) is 1. The quantitative estimate of drug-likeness (QED) is 0.418. The lowest BCUT2D eigenvalue weighted by molar-refractivity contribution is -0.384. The average Bonchev–Trinajstić information content (AvgIpc) is 3.03. The van der Waals surface area contributed by atoms with Gasteiger partial charge in [0, 0.05) is 25.5 Å². The Hall–Kier alpha value is -2.39. The van der Waals surface area contributed by atoms with E-state index in [0.29, 0.717) is 26.2 Å². The first-order chi connectivity index (χ1) is 11.4. The van der Waals surface area contributed by atoms with Crippen LogP contribution in [0, 0.1) is 10.1 Å². The highest BCUT2D eigenvalue weighted by Crippen LogP contribution is 2.27. The van der Waals surface area contributed by atoms with Crippen LogP contribution in [-0.2, 0) is 21.2 Å². The molecule has 0 spiro atoms. The van der Waals surface area contributed by atoms with Crippen molar-refractivity contribution in [3.8, 4) is 0 Å². The lowest BCUT2D eigenvalue weighted by Crippen LogP contribution is -2.08. The van der Waals surface area contributed by atoms with Gasteiger partial charge in [0.05, 0.1) is 16.1 Å². The standard InChI is InChI=1S/C15H18N2O6S/c1-24(20,21)13-5-6-14(15(10-13)17(18)19)16-7-3-8-22-11-12-4-2-9-23-12/h2,4-6,9-10,16H,3,7-8,11H2,1H3. The van der Waals surface area contributed by atoms with Crippen molar-refractivity contribution in [1.82, 2.24) is 0 Å². The van der Waals surface area contributed by atoms with Crippen LogP contribution in [0.4, 0.5) is 11.4 Å². The van der Waals surface area contributed by atoms with Crippen molar-refractivity contribution in [2.24, 2.45) is 0 Å². The number of ether oxygens (including phenoxy) is 1. The van der Waals surface area contributed by atoms with Crippen molar-refractivity contribution in [3.63, 3.8) is 0 Å². The third-order valence-corrected chi connectivity index (χ3v) is 4.31. The van der Waals surface area contributed by atoms with Gasteiger partial charge in [-0.3, -0.25) is 10.1 Å². The molecule has 0 aliphatic heterocycles. The van der Waals surface area contributed by atoms with Crippen LogP contribution in [0.3, 0.4) is 0 Å². The zero-order chi connectivity index (χ0) is 17.6. The molecule has 0 saturated heterocycles. The summed E-state index contributed by atoms with van der Waals surface area (Å²) in [7, 11) is -3.49. The molecule has 1 heterocycles. The van der Waals surface area contributed by atoms with Gasteiger partial charge in [-0.2, -0.15) is 0 Å². The van der Waals surface area contributed by atoms with Crippen LogP contribution < -0.4 is 5.32 Å². The zero-order valence-electron chi connectivity index (χ0n) is 13.1. The van der Waals surface area contributed by atoms with Gasteiger partial charge >= 0.3 is 0 Å². The summed E-state index contributed by atoms with van der Waals surface area (Å²) in [6, 6.07) is 7.39. The molecule has 0 aliphatic rings. The molecule has 0 atom stereocenters. The fourth-order valence-electron chi connectivity index (χ4n) is 2.01. The molecule has 0 saturated carbocycles. The van der Waals surface area contributed by atoms with Crippen LogP contribution in [0.1, 0.15) is 12.2 Å². The predicted octanol–water partition coefficient (Wildman–Crippen LogP) is 2.61. The second-order valence-electron chi connectivity index (χ2n) is 5.12. The maximum absolute atomic E-state index is 11.5. The molecule has 1 aromatic heterocycles. The van der Waals surface area contributed by atoms with Crippen LogP contribution in [0.15, 0.2) is 45.9 Å². The Labute approximate surface area is 139 Å². The molecule has 2 rings (SSSR count). The Morgan fingerprint density at radius 2 is 2.12 bits per heavy atom. The monoisotopic (exact) mass is 354 g/mol. The van der Waals surface area contributed by atoms with Crippen molar-refractivity contribution in [1.29, 1.82) is 0 Å². The van der Waals surface area contributed by atoms with Crippen molar-refractivity contribution in [3.05, 3.63) is 52.5 Å². The van der Waals surface area contributed by atoms with E-state index in [9.17, 15) is 18.5 Å². The lowest BCUT2D eigenvalue weighted by atomic mass is 10.2. The second-order valence-corrected chi connectivity index (χ2v) is 7.14. The minimum atomic E-state index is -3.49. The first-order valence-electron chi connectivity index (χ1n) is 7.20. The third-order valence-electron chi connectivity index (χ3n) is 3.20. The van der Waals surface area contributed by atoms with Crippen LogP contribution >= 0.6 is 0 Å². The van der Waals surface area contributed by atoms with Gasteiger partial charge in [-0.05, 0) is 30.7 Å². The van der Waals surface area contributed by atoms with Crippen LogP contribution in [-0.4, -0.2) is 32.7 Å². The molecule has 24 heavy (non-hydrogen) atoms. The summed E-state index contributed by atoms with van der Waals surface area (Å²) in [4.78, 5) is 10.4. The molecule has 0 aliphatic carbocycles. The highest BCUT2D eigenvalue weighted by atomic mass is 32.2. The Kier molecular flexibility index (Phi) is 5.93. The van der Waals surface area contributed by atoms with Gasteiger partial charge in [0.2, 0.25) is 0 Å². The number of hydrogen-bond acceptors (Lipinski definition) is 7. The molecule has 0 amide bonds. The van der Waals surface area contributed by atoms with E-state index in [4.69, 9.17) is 9.15 Å². The van der Waals surface area contributed by atoms with Crippen molar-refractivity contribution in [2.75, 3.05) is 24.7 Å². The Balaban J connectivity index is 1.86. The van der Waals surface area contributed by atoms with Gasteiger partial charge < -0.3 is 14.5 Å². The number of rotatable bonds is 9. The summed E-state index contributed by atoms with van der Waals surface area (Å²) in [5, 5.41) is 14.0. The largest absolute Gasteiger partial charge is 0.467 e. The first-order valence-corrected chi connectivity index (χ1v) is 9.09. The van der Waals surface area contributed by atoms with E-state index in [0.717, 1.165) is 18.1 Å². The lowest BCUT2D eigenvalue weighted by Gasteiger charge is -2.08. The molecule has 9 heteroatoms. The fraction of sp³-hybridized carbons (Fsp3) is 0.333. The minimum absolute atomic E-state index is 0.0819. The van der Waals surface area contributed by atoms with E-state index in [-0.39, 0.29) is 16.3 Å². The number of anilines is 1. The number of nitrogens with one attached hydrogen (secondary N) is 1. The Morgan fingerprint density at radius 1 is 1.33 bits per heavy atom. The molecule has 0 radical (unpaired) electrons. The fourth-order valence-corrected chi connectivity index (χ4v) is 2.65. The van der Waals surface area contributed by atoms with Gasteiger partial charge in [0.15, 0.2) is 9.84 Å². The van der Waals surface area contributed by atoms with Crippen molar-refractivity contribution in [2.45, 2.75) is 17.9 Å². The molecule has 1 aromatic carbocycles. The van der Waals surface area contributed by atoms with Crippen LogP contribution in [0.25, 0.3) is 0 Å². The number of furan rings is 1. The first kappa shape index (κ1) is 18.0. The van der Waals surface area contributed by atoms with Gasteiger partial charge in [-0.25, -0.2) is 8.42 Å². The van der Waals surface area contributed by atoms with Gasteiger partial charge in [-0.1, -0.05) is 0 Å². The summed E-state index contributed by atoms with van der Waals surface area (Å²) in [6.45, 7) is 1.29. The normalized spacial score (nSPS) is 11.4. The molecular weight excluding hydrogens is 336 g/mol. The number of nitrogens with zero attached hydrogens (tertiary/aromatic N) is 1. The van der Waals surface area contributed by atoms with Gasteiger partial charge in [0.1, 0.15) is 18.1 Å². The minimum Gasteiger partial charge on any atom is -0.467 e. The Bertz CT molecular complexity index is 786. The van der Waals surface area contributed by atoms with Gasteiger partial charge in [-0.15, -0.1) is 0 Å². The Morgan fingerprint density at radius 3 is 2.75 bits per heavy atom. The number of sulfone groups is 1. The summed E-state index contributed by atoms with van der Waals surface area (Å²) < 4.78 is 33.5. The van der Waals surface area contributed by atoms with E-state index in [2.05, 4.69) is 5.32 Å². The zero-order valence-corrected chi connectivity index (χ0v) is 13.9. The van der Waals surface area contributed by atoms with E-state index in [1.54, 1.807) is 12.3 Å². The number of nitro benzene ring substituents is 1. The van der Waals surface area contributed by atoms with E-state index >= 15 is 0 Å². The van der Waals surface area contributed by atoms with Crippen molar-refractivity contribution >= 4 is 21.2 Å². The molecular formula is C15H18N2O6S. The van der Waals surface area contributed by atoms with Gasteiger partial charge in [0.25, 0.3) is 5.69 Å². The molecule has 0 bridgehead atoms. The SMILES string of the molecule is CS(=O)(=O)c1ccc(NCCCOCc2ccco2)c([N+](=O)[O-])c1. The smallest absolute Gasteiger partial charge is 0.293 e. The summed E-state index contributed by atoms with van der Waals surface area (Å²) in [5.74, 6) is 0.731. The van der Waals surface area contributed by atoms with Crippen LogP contribution in [0.2, 0.25) is 0 Å². The maximum atomic E-state index is 11.5. The molecule has 8 nitrogen and oxygen atoms in total. The average molecular weight is 354 g/mol. The van der Waals surface area contributed by atoms with E-state index < -0.39 is 14.8 Å². The molecule has 130 valence electrons. The highest BCUT2D eigenvalue weighted by Gasteiger charge is 2.18. The second kappa shape index (κ2) is 7.93. The summed E-state index contributed by atoms with van der Waals surface area (Å²) in [6.07, 6.45) is 3.21. The van der Waals surface area contributed by atoms with Crippen molar-refractivity contribution < 1.29 is 22.5 Å². The third kappa shape index (κ3) is 5.07. The topological polar surface area (TPSA) is 112 Å². The van der Waals surface area contributed by atoms with E-state index in [1.807, 2.05) is 6.07 Å². The molecule has 2 aromatic rings. The van der Waals surface area contributed by atoms with E-state index in [1.165, 1.54) is 12.1 Å². The molecule has 0 unspecified atom stereocenters. The molecule has 1 N–H and O–H groups in total. The number of nitro groups is 1. The maximum Gasteiger partial charge on any atom is 0.293 e. The summed E-state index contributed by atoms with van der Waals surface area (Å²) in [5.41, 5.74) is 0.00728. The predicted molar refractivity (Wildman–Crippen MR) is 87.7 cm³/mol. The molecule has 0 fully saturated rings. The summed E-state index contributed by atoms with van der Waals surface area (Å²) >= 11 is 0.